The van der Waals surface area contributed by atoms with Crippen molar-refractivity contribution in [2.75, 3.05) is 5.32 Å². The second-order valence-electron chi connectivity index (χ2n) is 6.09. The summed E-state index contributed by atoms with van der Waals surface area (Å²) in [7, 11) is 0. The van der Waals surface area contributed by atoms with Crippen LogP contribution in [0, 0.1) is 10.1 Å². The maximum absolute atomic E-state index is 12.3. The fourth-order valence-corrected chi connectivity index (χ4v) is 2.63. The Morgan fingerprint density at radius 3 is 2.70 bits per heavy atom. The van der Waals surface area contributed by atoms with E-state index in [1.54, 1.807) is 24.3 Å². The topological polar surface area (TPSA) is 130 Å². The first-order chi connectivity index (χ1) is 13.0. The number of anilines is 1. The van der Waals surface area contributed by atoms with E-state index >= 15 is 0 Å². The summed E-state index contributed by atoms with van der Waals surface area (Å²) in [4.78, 5) is 34.7. The highest BCUT2D eigenvalue weighted by molar-refractivity contribution is 5.96. The summed E-state index contributed by atoms with van der Waals surface area (Å²) < 4.78 is 0. The average Bonchev–Trinajstić information content (AvgIpc) is 3.04. The molecule has 144 valence electrons. The van der Waals surface area contributed by atoms with Crippen molar-refractivity contribution in [1.82, 2.24) is 15.5 Å². The normalized spacial score (nSPS) is 10.4. The van der Waals surface area contributed by atoms with Gasteiger partial charge in [0.15, 0.2) is 0 Å². The SMILES string of the molecule is CCCC(=O)Nc1cccc(CNC(=O)c2n[nH]c(CCC)c2[N+](=O)[O-])c1. The maximum atomic E-state index is 12.3. The Hall–Kier alpha value is -3.23. The van der Waals surface area contributed by atoms with Gasteiger partial charge in [-0.2, -0.15) is 5.10 Å². The molecule has 27 heavy (non-hydrogen) atoms. The summed E-state index contributed by atoms with van der Waals surface area (Å²) in [5.74, 6) is -0.699. The lowest BCUT2D eigenvalue weighted by Gasteiger charge is -2.08. The van der Waals surface area contributed by atoms with Gasteiger partial charge < -0.3 is 10.6 Å². The molecule has 2 aromatic rings. The summed E-state index contributed by atoms with van der Waals surface area (Å²) in [6, 6.07) is 7.06. The number of benzene rings is 1. The molecule has 0 aliphatic rings. The predicted octanol–water partition coefficient (Wildman–Crippen LogP) is 2.94. The Kier molecular flexibility index (Phi) is 7.04. The number of nitrogens with zero attached hydrogens (tertiary/aromatic N) is 2. The molecule has 0 aliphatic carbocycles. The number of amides is 2. The maximum Gasteiger partial charge on any atom is 0.322 e. The molecule has 3 N–H and O–H groups in total. The van der Waals surface area contributed by atoms with Gasteiger partial charge in [0, 0.05) is 18.7 Å². The van der Waals surface area contributed by atoms with Crippen LogP contribution in [0.5, 0.6) is 0 Å². The molecule has 0 unspecified atom stereocenters. The van der Waals surface area contributed by atoms with E-state index in [-0.39, 0.29) is 23.8 Å². The van der Waals surface area contributed by atoms with E-state index < -0.39 is 10.8 Å². The number of H-pyrrole nitrogens is 1. The van der Waals surface area contributed by atoms with E-state index in [0.717, 1.165) is 12.0 Å². The highest BCUT2D eigenvalue weighted by Crippen LogP contribution is 2.22. The summed E-state index contributed by atoms with van der Waals surface area (Å²) in [6.45, 7) is 3.96. The number of nitro groups is 1. The van der Waals surface area contributed by atoms with Crippen molar-refractivity contribution < 1.29 is 14.5 Å². The molecule has 9 nitrogen and oxygen atoms in total. The van der Waals surface area contributed by atoms with E-state index in [1.807, 2.05) is 13.8 Å². The number of carbonyl (C=O) groups excluding carboxylic acids is 2. The summed E-state index contributed by atoms with van der Waals surface area (Å²) in [6.07, 6.45) is 2.32. The molecule has 1 aromatic heterocycles. The number of rotatable bonds is 9. The van der Waals surface area contributed by atoms with Crippen molar-refractivity contribution in [1.29, 1.82) is 0 Å². The average molecular weight is 373 g/mol. The largest absolute Gasteiger partial charge is 0.346 e. The first-order valence-corrected chi connectivity index (χ1v) is 8.84. The number of aromatic amines is 1. The minimum atomic E-state index is -0.624. The quantitative estimate of drug-likeness (QED) is 0.459. The van der Waals surface area contributed by atoms with Crippen molar-refractivity contribution in [3.05, 3.63) is 51.3 Å². The minimum absolute atomic E-state index is 0.0747. The highest BCUT2D eigenvalue weighted by atomic mass is 16.6. The van der Waals surface area contributed by atoms with Gasteiger partial charge in [-0.15, -0.1) is 0 Å². The molecule has 0 saturated heterocycles. The highest BCUT2D eigenvalue weighted by Gasteiger charge is 2.28. The van der Waals surface area contributed by atoms with Crippen LogP contribution in [0.15, 0.2) is 24.3 Å². The van der Waals surface area contributed by atoms with Crippen molar-refractivity contribution in [3.63, 3.8) is 0 Å². The second kappa shape index (κ2) is 9.46. The van der Waals surface area contributed by atoms with Crippen molar-refractivity contribution in [2.24, 2.45) is 0 Å². The van der Waals surface area contributed by atoms with Crippen LogP contribution in [-0.4, -0.2) is 26.9 Å². The standard InChI is InChI=1S/C18H23N5O4/c1-3-6-14-17(23(26)27)16(22-21-14)18(25)19-11-12-8-5-9-13(10-12)20-15(24)7-4-2/h5,8-10H,3-4,6-7,11H2,1-2H3,(H,19,25)(H,20,24)(H,21,22). The zero-order valence-electron chi connectivity index (χ0n) is 15.4. The minimum Gasteiger partial charge on any atom is -0.346 e. The van der Waals surface area contributed by atoms with Crippen LogP contribution in [0.4, 0.5) is 11.4 Å². The molecular formula is C18H23N5O4. The third-order valence-electron chi connectivity index (χ3n) is 3.85. The summed E-state index contributed by atoms with van der Waals surface area (Å²) in [5, 5.41) is 23.1. The molecule has 0 radical (unpaired) electrons. The number of nitrogens with one attached hydrogen (secondary N) is 3. The fraction of sp³-hybridized carbons (Fsp3) is 0.389. The zero-order valence-corrected chi connectivity index (χ0v) is 15.4. The van der Waals surface area contributed by atoms with E-state index in [9.17, 15) is 19.7 Å². The Morgan fingerprint density at radius 1 is 1.26 bits per heavy atom. The zero-order chi connectivity index (χ0) is 19.8. The molecule has 1 heterocycles. The van der Waals surface area contributed by atoms with Gasteiger partial charge in [-0.05, 0) is 30.5 Å². The van der Waals surface area contributed by atoms with Crippen LogP contribution in [0.3, 0.4) is 0 Å². The predicted molar refractivity (Wildman–Crippen MR) is 100 cm³/mol. The first-order valence-electron chi connectivity index (χ1n) is 8.84. The molecule has 0 atom stereocenters. The van der Waals surface area contributed by atoms with Gasteiger partial charge in [-0.1, -0.05) is 32.4 Å². The van der Waals surface area contributed by atoms with Crippen molar-refractivity contribution in [2.45, 2.75) is 46.1 Å². The van der Waals surface area contributed by atoms with E-state index in [1.165, 1.54) is 0 Å². The second-order valence-corrected chi connectivity index (χ2v) is 6.09. The van der Waals surface area contributed by atoms with Gasteiger partial charge in [0.2, 0.25) is 11.6 Å². The molecule has 0 aliphatic heterocycles. The number of carbonyl (C=O) groups is 2. The van der Waals surface area contributed by atoms with Crippen molar-refractivity contribution in [3.8, 4) is 0 Å². The van der Waals surface area contributed by atoms with Gasteiger partial charge in [0.25, 0.3) is 5.91 Å². The molecule has 1 aromatic carbocycles. The van der Waals surface area contributed by atoms with Gasteiger partial charge in [0.1, 0.15) is 5.69 Å². The van der Waals surface area contributed by atoms with Crippen LogP contribution < -0.4 is 10.6 Å². The Morgan fingerprint density at radius 2 is 2.04 bits per heavy atom. The molecule has 2 amide bonds. The van der Waals surface area contributed by atoms with Gasteiger partial charge in [-0.25, -0.2) is 0 Å². The first kappa shape index (κ1) is 20.1. The smallest absolute Gasteiger partial charge is 0.322 e. The van der Waals surface area contributed by atoms with E-state index in [2.05, 4.69) is 20.8 Å². The number of hydrogen-bond donors (Lipinski definition) is 3. The lowest BCUT2D eigenvalue weighted by Crippen LogP contribution is -2.24. The van der Waals surface area contributed by atoms with Gasteiger partial charge in [-0.3, -0.25) is 24.8 Å². The number of hydrogen-bond acceptors (Lipinski definition) is 5. The lowest BCUT2D eigenvalue weighted by molar-refractivity contribution is -0.385. The van der Waals surface area contributed by atoms with Crippen LogP contribution in [-0.2, 0) is 17.8 Å². The molecule has 0 bridgehead atoms. The molecule has 9 heteroatoms. The number of aromatic nitrogens is 2. The van der Waals surface area contributed by atoms with Gasteiger partial charge in [0.05, 0.1) is 4.92 Å². The lowest BCUT2D eigenvalue weighted by atomic mass is 10.1. The van der Waals surface area contributed by atoms with Gasteiger partial charge >= 0.3 is 5.69 Å². The van der Waals surface area contributed by atoms with Crippen LogP contribution in [0.1, 0.15) is 54.9 Å². The Labute approximate surface area is 156 Å². The molecule has 0 fully saturated rings. The van der Waals surface area contributed by atoms with Crippen LogP contribution in [0.2, 0.25) is 0 Å². The molecule has 0 saturated carbocycles. The van der Waals surface area contributed by atoms with E-state index in [4.69, 9.17) is 0 Å². The van der Waals surface area contributed by atoms with Crippen molar-refractivity contribution >= 4 is 23.2 Å². The monoisotopic (exact) mass is 373 g/mol. The Bertz CT molecular complexity index is 831. The molecular weight excluding hydrogens is 350 g/mol. The summed E-state index contributed by atoms with van der Waals surface area (Å²) in [5.41, 5.74) is 1.22. The number of aryl methyl sites for hydroxylation is 1. The van der Waals surface area contributed by atoms with Crippen LogP contribution >= 0.6 is 0 Å². The van der Waals surface area contributed by atoms with Crippen LogP contribution in [0.25, 0.3) is 0 Å². The third-order valence-corrected chi connectivity index (χ3v) is 3.85. The van der Waals surface area contributed by atoms with E-state index in [0.29, 0.717) is 30.6 Å². The fourth-order valence-electron chi connectivity index (χ4n) is 2.63. The molecule has 2 rings (SSSR count). The third kappa shape index (κ3) is 5.37. The molecule has 0 spiro atoms. The Balaban J connectivity index is 2.06. The summed E-state index contributed by atoms with van der Waals surface area (Å²) >= 11 is 0.